The van der Waals surface area contributed by atoms with Crippen molar-refractivity contribution < 1.29 is 18.5 Å². The predicted molar refractivity (Wildman–Crippen MR) is 168 cm³/mol. The van der Waals surface area contributed by atoms with Crippen LogP contribution in [-0.2, 0) is 13.6 Å². The molecule has 232 valence electrons. The Kier molecular flexibility index (Phi) is 35.2. The number of unbranched alkanes of at least 4 members (excludes halogenated alkanes) is 17. The number of phosphoric acid groups is 1. The van der Waals surface area contributed by atoms with E-state index in [4.69, 9.17) is 13.9 Å². The standard InChI is InChI=1S/C24H51N.C8H19O4P/c1-4-7-10-13-16-19-22-25(23-20-17-14-11-8-5-2)24-21-18-15-12-9-6-3;1-3-5-7-11-13(9,10)12-8-6-4-2/h4-24H2,1-3H3;3-8H2,1-2H3,(H,9,10). The molecular formula is C32H70NO4P. The van der Waals surface area contributed by atoms with E-state index in [2.05, 4.69) is 25.7 Å². The third-order valence-electron chi connectivity index (χ3n) is 6.99. The number of nitrogens with zero attached hydrogens (tertiary/aromatic N) is 1. The van der Waals surface area contributed by atoms with Gasteiger partial charge >= 0.3 is 7.82 Å². The summed E-state index contributed by atoms with van der Waals surface area (Å²) < 4.78 is 20.5. The van der Waals surface area contributed by atoms with Crippen LogP contribution in [0.15, 0.2) is 0 Å². The zero-order valence-electron chi connectivity index (χ0n) is 26.7. The Morgan fingerprint density at radius 1 is 0.447 bits per heavy atom. The Hall–Kier alpha value is 0.0700. The topological polar surface area (TPSA) is 59.0 Å². The maximum Gasteiger partial charge on any atom is 0.472 e. The highest BCUT2D eigenvalue weighted by Crippen LogP contribution is 2.43. The van der Waals surface area contributed by atoms with Crippen LogP contribution in [0.1, 0.15) is 176 Å². The van der Waals surface area contributed by atoms with E-state index in [0.29, 0.717) is 0 Å². The van der Waals surface area contributed by atoms with Crippen molar-refractivity contribution in [3.63, 3.8) is 0 Å². The highest BCUT2D eigenvalue weighted by Gasteiger charge is 2.19. The molecule has 0 saturated heterocycles. The van der Waals surface area contributed by atoms with Gasteiger partial charge in [0.2, 0.25) is 0 Å². The van der Waals surface area contributed by atoms with Gasteiger partial charge in [-0.15, -0.1) is 0 Å². The van der Waals surface area contributed by atoms with Crippen molar-refractivity contribution in [1.29, 1.82) is 0 Å². The largest absolute Gasteiger partial charge is 0.472 e. The lowest BCUT2D eigenvalue weighted by molar-refractivity contribution is 0.146. The summed E-state index contributed by atoms with van der Waals surface area (Å²) in [6, 6.07) is 0. The van der Waals surface area contributed by atoms with Crippen LogP contribution in [0.4, 0.5) is 0 Å². The second-order valence-corrected chi connectivity index (χ2v) is 12.4. The molecule has 0 spiro atoms. The molecular weight excluding hydrogens is 493 g/mol. The van der Waals surface area contributed by atoms with Gasteiger partial charge in [0, 0.05) is 0 Å². The second-order valence-electron chi connectivity index (χ2n) is 11.0. The van der Waals surface area contributed by atoms with Crippen molar-refractivity contribution in [2.24, 2.45) is 0 Å². The summed E-state index contributed by atoms with van der Waals surface area (Å²) in [5.74, 6) is 0. The lowest BCUT2D eigenvalue weighted by Crippen LogP contribution is -2.27. The van der Waals surface area contributed by atoms with E-state index in [1.807, 2.05) is 13.8 Å². The summed E-state index contributed by atoms with van der Waals surface area (Å²) in [4.78, 5) is 11.9. The van der Waals surface area contributed by atoms with E-state index in [9.17, 15) is 4.57 Å². The normalized spacial score (nSPS) is 11.7. The molecule has 6 heteroatoms. The highest BCUT2D eigenvalue weighted by molar-refractivity contribution is 7.47. The number of phosphoric ester groups is 1. The van der Waals surface area contributed by atoms with Gasteiger partial charge in [-0.3, -0.25) is 9.05 Å². The minimum absolute atomic E-state index is 0.288. The van der Waals surface area contributed by atoms with Crippen molar-refractivity contribution >= 4 is 7.82 Å². The third-order valence-corrected chi connectivity index (χ3v) is 8.01. The smallest absolute Gasteiger partial charge is 0.303 e. The lowest BCUT2D eigenvalue weighted by Gasteiger charge is -2.22. The Morgan fingerprint density at radius 3 is 1.00 bits per heavy atom. The lowest BCUT2D eigenvalue weighted by atomic mass is 10.1. The fraction of sp³-hybridized carbons (Fsp3) is 1.00. The summed E-state index contributed by atoms with van der Waals surface area (Å²) in [7, 11) is -3.75. The van der Waals surface area contributed by atoms with Gasteiger partial charge in [-0.2, -0.15) is 0 Å². The van der Waals surface area contributed by atoms with Crippen LogP contribution in [0, 0.1) is 0 Å². The average molecular weight is 564 g/mol. The monoisotopic (exact) mass is 564 g/mol. The fourth-order valence-corrected chi connectivity index (χ4v) is 5.16. The van der Waals surface area contributed by atoms with Crippen molar-refractivity contribution in [3.05, 3.63) is 0 Å². The Balaban J connectivity index is 0. The summed E-state index contributed by atoms with van der Waals surface area (Å²) >= 11 is 0. The van der Waals surface area contributed by atoms with Crippen LogP contribution in [0.25, 0.3) is 0 Å². The van der Waals surface area contributed by atoms with Crippen molar-refractivity contribution in [2.45, 2.75) is 176 Å². The molecule has 5 nitrogen and oxygen atoms in total. The van der Waals surface area contributed by atoms with Gasteiger partial charge in [-0.1, -0.05) is 144 Å². The second kappa shape index (κ2) is 33.3. The van der Waals surface area contributed by atoms with E-state index in [1.165, 1.54) is 135 Å². The molecule has 0 aliphatic rings. The molecule has 1 N–H and O–H groups in total. The fourth-order valence-electron chi connectivity index (χ4n) is 4.37. The van der Waals surface area contributed by atoms with Gasteiger partial charge in [0.25, 0.3) is 0 Å². The molecule has 0 radical (unpaired) electrons. The zero-order valence-corrected chi connectivity index (χ0v) is 27.6. The van der Waals surface area contributed by atoms with E-state index in [-0.39, 0.29) is 13.2 Å². The van der Waals surface area contributed by atoms with Crippen LogP contribution in [0.5, 0.6) is 0 Å². The first-order valence-corrected chi connectivity index (χ1v) is 18.3. The van der Waals surface area contributed by atoms with Crippen LogP contribution in [0.2, 0.25) is 0 Å². The third kappa shape index (κ3) is 34.1. The van der Waals surface area contributed by atoms with Crippen LogP contribution in [0.3, 0.4) is 0 Å². The summed E-state index contributed by atoms with van der Waals surface area (Å²) in [5.41, 5.74) is 0. The first-order chi connectivity index (χ1) is 18.5. The van der Waals surface area contributed by atoms with E-state index < -0.39 is 7.82 Å². The molecule has 38 heavy (non-hydrogen) atoms. The van der Waals surface area contributed by atoms with Crippen molar-refractivity contribution in [2.75, 3.05) is 32.8 Å². The SMILES string of the molecule is CCCCCCCCN(CCCCCCCC)CCCCCCCC.CCCCOP(=O)(O)OCCCC. The van der Waals surface area contributed by atoms with Crippen LogP contribution in [-0.4, -0.2) is 42.6 Å². The van der Waals surface area contributed by atoms with Crippen molar-refractivity contribution in [3.8, 4) is 0 Å². The molecule has 0 fully saturated rings. The average Bonchev–Trinajstić information content (AvgIpc) is 2.90. The number of rotatable bonds is 29. The highest BCUT2D eigenvalue weighted by atomic mass is 31.2. The molecule has 0 rings (SSSR count). The van der Waals surface area contributed by atoms with Gasteiger partial charge in [-0.25, -0.2) is 4.57 Å². The molecule has 0 atom stereocenters. The minimum atomic E-state index is -3.75. The van der Waals surface area contributed by atoms with Gasteiger partial charge in [-0.05, 0) is 51.7 Å². The minimum Gasteiger partial charge on any atom is -0.303 e. The van der Waals surface area contributed by atoms with Crippen molar-refractivity contribution in [1.82, 2.24) is 4.90 Å². The van der Waals surface area contributed by atoms with Crippen LogP contribution >= 0.6 is 7.82 Å². The molecule has 0 bridgehead atoms. The molecule has 0 aliphatic carbocycles. The molecule has 0 aromatic carbocycles. The zero-order chi connectivity index (χ0) is 28.6. The molecule has 0 heterocycles. The number of hydrogen-bond donors (Lipinski definition) is 1. The Morgan fingerprint density at radius 2 is 0.711 bits per heavy atom. The first kappa shape index (κ1) is 40.2. The van der Waals surface area contributed by atoms with Gasteiger partial charge < -0.3 is 9.79 Å². The maximum absolute atomic E-state index is 11.1. The van der Waals surface area contributed by atoms with E-state index in [0.717, 1.165) is 25.7 Å². The van der Waals surface area contributed by atoms with E-state index >= 15 is 0 Å². The molecule has 0 aliphatic heterocycles. The molecule has 0 aromatic heterocycles. The summed E-state index contributed by atoms with van der Waals surface area (Å²) in [6.07, 6.45) is 29.2. The van der Waals surface area contributed by atoms with E-state index in [1.54, 1.807) is 0 Å². The molecule has 0 aromatic rings. The Bertz CT molecular complexity index is 426. The van der Waals surface area contributed by atoms with Gasteiger partial charge in [0.1, 0.15) is 0 Å². The molecule has 0 saturated carbocycles. The maximum atomic E-state index is 11.1. The van der Waals surface area contributed by atoms with Gasteiger partial charge in [0.05, 0.1) is 13.2 Å². The summed E-state index contributed by atoms with van der Waals surface area (Å²) in [5, 5.41) is 0. The Labute approximate surface area is 239 Å². The molecule has 0 amide bonds. The summed E-state index contributed by atoms with van der Waals surface area (Å²) in [6.45, 7) is 15.6. The first-order valence-electron chi connectivity index (χ1n) is 16.8. The predicted octanol–water partition coefficient (Wildman–Crippen LogP) is 11.1. The molecule has 0 unspecified atom stereocenters. The number of hydrogen-bond acceptors (Lipinski definition) is 4. The van der Waals surface area contributed by atoms with Gasteiger partial charge in [0.15, 0.2) is 0 Å². The van der Waals surface area contributed by atoms with Crippen LogP contribution < -0.4 is 0 Å². The quantitative estimate of drug-likeness (QED) is 0.0724.